The van der Waals surface area contributed by atoms with E-state index in [4.69, 9.17) is 5.10 Å². The van der Waals surface area contributed by atoms with Crippen LogP contribution in [0, 0.1) is 0 Å². The Labute approximate surface area is 238 Å². The van der Waals surface area contributed by atoms with Gasteiger partial charge in [-0.25, -0.2) is 0 Å². The molecule has 7 aromatic carbocycles. The fraction of sp³-hybridized carbons (Fsp3) is 0. The third-order valence-corrected chi connectivity index (χ3v) is 7.87. The second-order valence-electron chi connectivity index (χ2n) is 10.4. The number of nitrogens with zero attached hydrogens (tertiary/aromatic N) is 3. The lowest BCUT2D eigenvalue weighted by atomic mass is 9.91. The molecular formula is C38H25N3. The zero-order chi connectivity index (χ0) is 27.2. The number of benzene rings is 7. The first-order valence-electron chi connectivity index (χ1n) is 13.8. The van der Waals surface area contributed by atoms with E-state index in [1.54, 1.807) is 0 Å². The van der Waals surface area contributed by atoms with Gasteiger partial charge >= 0.3 is 0 Å². The van der Waals surface area contributed by atoms with Gasteiger partial charge in [-0.2, -0.15) is 0 Å². The Hall–Kier alpha value is -5.54. The van der Waals surface area contributed by atoms with E-state index in [1.165, 1.54) is 43.4 Å². The zero-order valence-corrected chi connectivity index (χ0v) is 22.3. The lowest BCUT2D eigenvalue weighted by Gasteiger charge is -2.14. The molecule has 8 rings (SSSR count). The highest BCUT2D eigenvalue weighted by molar-refractivity contribution is 6.13. The molecule has 0 aliphatic carbocycles. The van der Waals surface area contributed by atoms with Crippen LogP contribution >= 0.6 is 0 Å². The minimum atomic E-state index is 0.820. The van der Waals surface area contributed by atoms with Crippen LogP contribution in [0.5, 0.6) is 0 Å². The van der Waals surface area contributed by atoms with Crippen molar-refractivity contribution in [3.05, 3.63) is 152 Å². The monoisotopic (exact) mass is 523 g/mol. The Morgan fingerprint density at radius 1 is 0.366 bits per heavy atom. The van der Waals surface area contributed by atoms with Crippen LogP contribution in [-0.4, -0.2) is 14.8 Å². The topological polar surface area (TPSA) is 30.7 Å². The van der Waals surface area contributed by atoms with Crippen molar-refractivity contribution in [1.82, 2.24) is 14.8 Å². The second-order valence-corrected chi connectivity index (χ2v) is 10.4. The summed E-state index contributed by atoms with van der Waals surface area (Å²) in [5.74, 6) is 1.64. The highest BCUT2D eigenvalue weighted by Gasteiger charge is 2.18. The lowest BCUT2D eigenvalue weighted by molar-refractivity contribution is 1.07. The molecule has 192 valence electrons. The van der Waals surface area contributed by atoms with Crippen LogP contribution in [0.15, 0.2) is 152 Å². The lowest BCUT2D eigenvalue weighted by Crippen LogP contribution is -2.00. The Balaban J connectivity index is 1.29. The maximum absolute atomic E-state index is 4.69. The van der Waals surface area contributed by atoms with Gasteiger partial charge in [-0.05, 0) is 73.8 Å². The molecule has 0 bridgehead atoms. The molecule has 0 spiro atoms. The summed E-state index contributed by atoms with van der Waals surface area (Å²) in [4.78, 5) is 0. The van der Waals surface area contributed by atoms with Crippen molar-refractivity contribution in [2.75, 3.05) is 0 Å². The van der Waals surface area contributed by atoms with Crippen LogP contribution in [0.1, 0.15) is 0 Å². The zero-order valence-electron chi connectivity index (χ0n) is 22.3. The van der Waals surface area contributed by atoms with Crippen LogP contribution < -0.4 is 0 Å². The summed E-state index contributed by atoms with van der Waals surface area (Å²) in [5.41, 5.74) is 5.59. The normalized spacial score (nSPS) is 11.4. The smallest absolute Gasteiger partial charge is 0.168 e. The molecule has 0 N–H and O–H groups in total. The summed E-state index contributed by atoms with van der Waals surface area (Å²) in [6.45, 7) is 0. The molecule has 0 saturated carbocycles. The third-order valence-electron chi connectivity index (χ3n) is 7.87. The molecular weight excluding hydrogens is 498 g/mol. The van der Waals surface area contributed by atoms with Crippen molar-refractivity contribution in [1.29, 1.82) is 0 Å². The maximum Gasteiger partial charge on any atom is 0.168 e. The minimum Gasteiger partial charge on any atom is -0.275 e. The number of para-hydroxylation sites is 1. The summed E-state index contributed by atoms with van der Waals surface area (Å²) < 4.78 is 2.15. The fourth-order valence-electron chi connectivity index (χ4n) is 5.93. The molecule has 0 fully saturated rings. The first-order valence-corrected chi connectivity index (χ1v) is 13.8. The van der Waals surface area contributed by atoms with E-state index in [0.717, 1.165) is 28.5 Å². The highest BCUT2D eigenvalue weighted by Crippen LogP contribution is 2.38. The molecule has 0 amide bonds. The molecule has 41 heavy (non-hydrogen) atoms. The first-order chi connectivity index (χ1) is 20.3. The second kappa shape index (κ2) is 9.58. The molecule has 3 heteroatoms. The van der Waals surface area contributed by atoms with Gasteiger partial charge in [0.25, 0.3) is 0 Å². The Morgan fingerprint density at radius 3 is 1.54 bits per heavy atom. The largest absolute Gasteiger partial charge is 0.275 e. The van der Waals surface area contributed by atoms with E-state index in [1.807, 2.05) is 36.4 Å². The summed E-state index contributed by atoms with van der Waals surface area (Å²) in [5, 5.41) is 16.7. The van der Waals surface area contributed by atoms with Crippen molar-refractivity contribution in [3.8, 4) is 39.6 Å². The van der Waals surface area contributed by atoms with E-state index in [0.29, 0.717) is 0 Å². The van der Waals surface area contributed by atoms with Gasteiger partial charge < -0.3 is 0 Å². The highest BCUT2D eigenvalue weighted by atomic mass is 15.3. The number of rotatable bonds is 4. The minimum absolute atomic E-state index is 0.820. The molecule has 0 aliphatic heterocycles. The number of hydrogen-bond acceptors (Lipinski definition) is 2. The van der Waals surface area contributed by atoms with Crippen molar-refractivity contribution in [2.45, 2.75) is 0 Å². The van der Waals surface area contributed by atoms with E-state index in [-0.39, 0.29) is 0 Å². The van der Waals surface area contributed by atoms with Crippen molar-refractivity contribution < 1.29 is 0 Å². The number of hydrogen-bond donors (Lipinski definition) is 0. The van der Waals surface area contributed by atoms with Gasteiger partial charge in [0.2, 0.25) is 0 Å². The quantitative estimate of drug-likeness (QED) is 0.215. The average Bonchev–Trinajstić information content (AvgIpc) is 3.49. The Morgan fingerprint density at radius 2 is 0.878 bits per heavy atom. The molecule has 1 aromatic heterocycles. The van der Waals surface area contributed by atoms with Gasteiger partial charge in [0.05, 0.1) is 0 Å². The van der Waals surface area contributed by atoms with Crippen LogP contribution in [0.3, 0.4) is 0 Å². The molecule has 0 saturated heterocycles. The molecule has 3 nitrogen and oxygen atoms in total. The van der Waals surface area contributed by atoms with Crippen molar-refractivity contribution >= 4 is 32.3 Å². The van der Waals surface area contributed by atoms with E-state index < -0.39 is 0 Å². The summed E-state index contributed by atoms with van der Waals surface area (Å²) in [6.07, 6.45) is 0. The van der Waals surface area contributed by atoms with Crippen LogP contribution in [-0.2, 0) is 0 Å². The number of fused-ring (bicyclic) bond motifs is 3. The van der Waals surface area contributed by atoms with Crippen LogP contribution in [0.4, 0.5) is 0 Å². The van der Waals surface area contributed by atoms with Crippen LogP contribution in [0.25, 0.3) is 71.9 Å². The van der Waals surface area contributed by atoms with Crippen molar-refractivity contribution in [3.63, 3.8) is 0 Å². The average molecular weight is 524 g/mol. The SMILES string of the molecule is c1ccc(-c2nnc(-c3ccc4cc(-c5c6ccccc6cc6ccccc56)ccc4c3)n2-c2ccccc2)cc1. The molecule has 0 atom stereocenters. The summed E-state index contributed by atoms with van der Waals surface area (Å²) in [6, 6.07) is 53.5. The molecule has 0 radical (unpaired) electrons. The predicted octanol–water partition coefficient (Wildman–Crippen LogP) is 9.73. The molecule has 0 aliphatic rings. The fourth-order valence-corrected chi connectivity index (χ4v) is 5.93. The Bertz CT molecular complexity index is 2140. The van der Waals surface area contributed by atoms with Crippen molar-refractivity contribution in [2.24, 2.45) is 0 Å². The van der Waals surface area contributed by atoms with E-state index in [2.05, 4.69) is 125 Å². The molecule has 0 unspecified atom stereocenters. The van der Waals surface area contributed by atoms with E-state index >= 15 is 0 Å². The third kappa shape index (κ3) is 3.98. The van der Waals surface area contributed by atoms with Gasteiger partial charge in [-0.1, -0.05) is 121 Å². The van der Waals surface area contributed by atoms with E-state index in [9.17, 15) is 0 Å². The molecule has 8 aromatic rings. The van der Waals surface area contributed by atoms with Crippen LogP contribution in [0.2, 0.25) is 0 Å². The van der Waals surface area contributed by atoms with Gasteiger partial charge in [0.1, 0.15) is 0 Å². The van der Waals surface area contributed by atoms with Gasteiger partial charge in [0.15, 0.2) is 11.6 Å². The predicted molar refractivity (Wildman–Crippen MR) is 170 cm³/mol. The molecule has 1 heterocycles. The summed E-state index contributed by atoms with van der Waals surface area (Å²) >= 11 is 0. The van der Waals surface area contributed by atoms with Gasteiger partial charge in [-0.3, -0.25) is 4.57 Å². The first kappa shape index (κ1) is 23.4. The van der Waals surface area contributed by atoms with Gasteiger partial charge in [0, 0.05) is 16.8 Å². The number of aromatic nitrogens is 3. The van der Waals surface area contributed by atoms with Gasteiger partial charge in [-0.15, -0.1) is 10.2 Å². The standard InChI is InChI=1S/C38H25N3/c1-3-11-26(12-4-1)37-39-40-38(41(37)33-15-5-2-6-16-33)32-22-20-27-23-31(21-19-28(27)24-32)36-34-17-9-7-13-29(34)25-30-14-8-10-18-35(30)36/h1-25H. The Kier molecular flexibility index (Phi) is 5.46. The summed E-state index contributed by atoms with van der Waals surface area (Å²) in [7, 11) is 0. The maximum atomic E-state index is 4.69.